The lowest BCUT2D eigenvalue weighted by Gasteiger charge is -2.14. The van der Waals surface area contributed by atoms with Crippen LogP contribution in [-0.4, -0.2) is 36.8 Å². The standard InChI is InChI=1S/C31H30N2O5S2/c1-5-38-31(36)27-26(21-14-12-19(2)13-15-21)18-39-30(27)33-28(34)20(3)40-25-11-7-9-23(17-25)32-29(35)22-8-6-10-24(16-22)37-4/h6-18,20H,5H2,1-4H3,(H,32,35)(H,33,34). The fraction of sp³-hybridized carbons (Fsp3) is 0.194. The Morgan fingerprint density at radius 1 is 0.975 bits per heavy atom. The number of aryl methyl sites for hydroxylation is 1. The second-order valence-corrected chi connectivity index (χ2v) is 11.2. The molecule has 4 rings (SSSR count). The van der Waals surface area contributed by atoms with Gasteiger partial charge >= 0.3 is 5.97 Å². The van der Waals surface area contributed by atoms with Crippen molar-refractivity contribution < 1.29 is 23.9 Å². The van der Waals surface area contributed by atoms with E-state index in [1.54, 1.807) is 51.3 Å². The van der Waals surface area contributed by atoms with Gasteiger partial charge in [-0.3, -0.25) is 9.59 Å². The second kappa shape index (κ2) is 13.3. The molecular weight excluding hydrogens is 544 g/mol. The summed E-state index contributed by atoms with van der Waals surface area (Å²) in [6.07, 6.45) is 0. The first-order valence-electron chi connectivity index (χ1n) is 12.7. The molecule has 0 saturated carbocycles. The molecule has 7 nitrogen and oxygen atoms in total. The van der Waals surface area contributed by atoms with Gasteiger partial charge in [-0.05, 0) is 62.7 Å². The molecule has 0 bridgehead atoms. The smallest absolute Gasteiger partial charge is 0.341 e. The topological polar surface area (TPSA) is 93.7 Å². The average molecular weight is 575 g/mol. The maximum atomic E-state index is 13.2. The zero-order chi connectivity index (χ0) is 28.6. The van der Waals surface area contributed by atoms with Crippen LogP contribution in [0.15, 0.2) is 83.1 Å². The molecule has 3 aromatic carbocycles. The van der Waals surface area contributed by atoms with E-state index in [0.29, 0.717) is 27.6 Å². The predicted molar refractivity (Wildman–Crippen MR) is 162 cm³/mol. The Morgan fingerprint density at radius 2 is 1.73 bits per heavy atom. The summed E-state index contributed by atoms with van der Waals surface area (Å²) in [6, 6.07) is 22.1. The quantitative estimate of drug-likeness (QED) is 0.153. The number of carbonyl (C=O) groups excluding carboxylic acids is 3. The van der Waals surface area contributed by atoms with Crippen molar-refractivity contribution in [2.24, 2.45) is 0 Å². The van der Waals surface area contributed by atoms with Crippen LogP contribution in [0.1, 0.15) is 40.1 Å². The van der Waals surface area contributed by atoms with Gasteiger partial charge in [0.15, 0.2) is 0 Å². The molecule has 1 atom stereocenters. The van der Waals surface area contributed by atoms with Crippen LogP contribution in [0.5, 0.6) is 5.75 Å². The molecule has 0 saturated heterocycles. The number of methoxy groups -OCH3 is 1. The summed E-state index contributed by atoms with van der Waals surface area (Å²) in [4.78, 5) is 39.6. The van der Waals surface area contributed by atoms with E-state index in [2.05, 4.69) is 10.6 Å². The Bertz CT molecular complexity index is 1510. The molecule has 9 heteroatoms. The maximum Gasteiger partial charge on any atom is 0.341 e. The van der Waals surface area contributed by atoms with Gasteiger partial charge in [-0.2, -0.15) is 0 Å². The largest absolute Gasteiger partial charge is 0.497 e. The van der Waals surface area contributed by atoms with Crippen LogP contribution in [-0.2, 0) is 9.53 Å². The third kappa shape index (κ3) is 7.11. The van der Waals surface area contributed by atoms with E-state index in [1.807, 2.05) is 54.8 Å². The van der Waals surface area contributed by atoms with Gasteiger partial charge in [0, 0.05) is 27.1 Å². The lowest BCUT2D eigenvalue weighted by molar-refractivity contribution is -0.115. The third-order valence-corrected chi connectivity index (χ3v) is 7.96. The van der Waals surface area contributed by atoms with E-state index in [4.69, 9.17) is 9.47 Å². The van der Waals surface area contributed by atoms with Gasteiger partial charge in [0.05, 0.1) is 19.0 Å². The van der Waals surface area contributed by atoms with Crippen molar-refractivity contribution in [3.63, 3.8) is 0 Å². The summed E-state index contributed by atoms with van der Waals surface area (Å²) < 4.78 is 10.5. The number of amides is 2. The van der Waals surface area contributed by atoms with Gasteiger partial charge < -0.3 is 20.1 Å². The molecule has 206 valence electrons. The van der Waals surface area contributed by atoms with Gasteiger partial charge in [-0.25, -0.2) is 4.79 Å². The number of thioether (sulfide) groups is 1. The van der Waals surface area contributed by atoms with Gasteiger partial charge in [0.25, 0.3) is 5.91 Å². The molecule has 1 aromatic heterocycles. The van der Waals surface area contributed by atoms with E-state index >= 15 is 0 Å². The van der Waals surface area contributed by atoms with Gasteiger partial charge in [-0.15, -0.1) is 23.1 Å². The summed E-state index contributed by atoms with van der Waals surface area (Å²) in [5.41, 5.74) is 4.14. The molecule has 40 heavy (non-hydrogen) atoms. The first-order valence-corrected chi connectivity index (χ1v) is 14.4. The molecule has 0 aliphatic rings. The molecule has 2 amide bonds. The van der Waals surface area contributed by atoms with Gasteiger partial charge in [-0.1, -0.05) is 42.0 Å². The number of hydrogen-bond donors (Lipinski definition) is 2. The molecule has 0 spiro atoms. The van der Waals surface area contributed by atoms with E-state index in [9.17, 15) is 14.4 Å². The highest BCUT2D eigenvalue weighted by atomic mass is 32.2. The number of benzene rings is 3. The van der Waals surface area contributed by atoms with Crippen LogP contribution in [0.2, 0.25) is 0 Å². The van der Waals surface area contributed by atoms with Crippen LogP contribution in [0.4, 0.5) is 10.7 Å². The molecule has 2 N–H and O–H groups in total. The first kappa shape index (κ1) is 28.9. The van der Waals surface area contributed by atoms with E-state index in [1.165, 1.54) is 23.1 Å². The minimum Gasteiger partial charge on any atom is -0.497 e. The Labute approximate surface area is 241 Å². The van der Waals surface area contributed by atoms with Crippen molar-refractivity contribution in [2.45, 2.75) is 30.9 Å². The van der Waals surface area contributed by atoms with Crippen LogP contribution in [0.3, 0.4) is 0 Å². The number of nitrogens with one attached hydrogen (secondary N) is 2. The number of hydrogen-bond acceptors (Lipinski definition) is 7. The van der Waals surface area contributed by atoms with Crippen molar-refractivity contribution in [1.82, 2.24) is 0 Å². The number of rotatable bonds is 10. The average Bonchev–Trinajstić information content (AvgIpc) is 3.37. The highest BCUT2D eigenvalue weighted by Crippen LogP contribution is 2.37. The van der Waals surface area contributed by atoms with Crippen molar-refractivity contribution in [3.05, 3.63) is 94.9 Å². The Kier molecular flexibility index (Phi) is 9.63. The maximum absolute atomic E-state index is 13.2. The summed E-state index contributed by atoms with van der Waals surface area (Å²) in [7, 11) is 1.55. The van der Waals surface area contributed by atoms with Crippen LogP contribution in [0.25, 0.3) is 11.1 Å². The Hall–Kier alpha value is -4.08. The fourth-order valence-electron chi connectivity index (χ4n) is 3.89. The Morgan fingerprint density at radius 3 is 2.45 bits per heavy atom. The molecule has 0 fully saturated rings. The zero-order valence-electron chi connectivity index (χ0n) is 22.6. The number of thiophene rings is 1. The third-order valence-electron chi connectivity index (χ3n) is 5.98. The summed E-state index contributed by atoms with van der Waals surface area (Å²) in [5.74, 6) is -0.395. The molecule has 0 radical (unpaired) electrons. The lowest BCUT2D eigenvalue weighted by Crippen LogP contribution is -2.23. The highest BCUT2D eigenvalue weighted by molar-refractivity contribution is 8.00. The summed E-state index contributed by atoms with van der Waals surface area (Å²) in [5, 5.41) is 7.64. The highest BCUT2D eigenvalue weighted by Gasteiger charge is 2.24. The number of ether oxygens (including phenoxy) is 2. The minimum atomic E-state index is -0.482. The van der Waals surface area contributed by atoms with E-state index in [-0.39, 0.29) is 18.4 Å². The second-order valence-electron chi connectivity index (χ2n) is 8.90. The van der Waals surface area contributed by atoms with Crippen molar-refractivity contribution >= 4 is 51.6 Å². The van der Waals surface area contributed by atoms with Gasteiger partial charge in [0.2, 0.25) is 5.91 Å². The number of anilines is 2. The summed E-state index contributed by atoms with van der Waals surface area (Å²) >= 11 is 2.64. The predicted octanol–water partition coefficient (Wildman–Crippen LogP) is 7.28. The number of carbonyl (C=O) groups is 3. The lowest BCUT2D eigenvalue weighted by atomic mass is 10.0. The van der Waals surface area contributed by atoms with Gasteiger partial charge in [0.1, 0.15) is 16.3 Å². The SMILES string of the molecule is CCOC(=O)c1c(-c2ccc(C)cc2)csc1NC(=O)C(C)Sc1cccc(NC(=O)c2cccc(OC)c2)c1. The van der Waals surface area contributed by atoms with Crippen LogP contribution < -0.4 is 15.4 Å². The van der Waals surface area contributed by atoms with Crippen molar-refractivity contribution in [3.8, 4) is 16.9 Å². The normalized spacial score (nSPS) is 11.4. The van der Waals surface area contributed by atoms with Crippen LogP contribution in [0, 0.1) is 6.92 Å². The molecule has 0 aliphatic heterocycles. The van der Waals surface area contributed by atoms with E-state index < -0.39 is 11.2 Å². The molecule has 0 aliphatic carbocycles. The molecule has 1 heterocycles. The number of esters is 1. The van der Waals surface area contributed by atoms with E-state index in [0.717, 1.165) is 21.6 Å². The fourth-order valence-corrected chi connectivity index (χ4v) is 5.77. The van der Waals surface area contributed by atoms with Crippen molar-refractivity contribution in [1.29, 1.82) is 0 Å². The molecule has 1 unspecified atom stereocenters. The molecule has 4 aromatic rings. The Balaban J connectivity index is 1.46. The monoisotopic (exact) mass is 574 g/mol. The first-order chi connectivity index (χ1) is 19.3. The minimum absolute atomic E-state index is 0.229. The molecular formula is C31H30N2O5S2. The summed E-state index contributed by atoms with van der Waals surface area (Å²) in [6.45, 7) is 5.77. The van der Waals surface area contributed by atoms with Crippen molar-refractivity contribution in [2.75, 3.05) is 24.4 Å². The zero-order valence-corrected chi connectivity index (χ0v) is 24.3. The van der Waals surface area contributed by atoms with Crippen LogP contribution >= 0.6 is 23.1 Å².